The lowest BCUT2D eigenvalue weighted by molar-refractivity contribution is -0.127. The number of rotatable bonds is 3. The summed E-state index contributed by atoms with van der Waals surface area (Å²) in [6, 6.07) is 0. The van der Waals surface area contributed by atoms with Crippen molar-refractivity contribution in [3.8, 4) is 0 Å². The Labute approximate surface area is 106 Å². The summed E-state index contributed by atoms with van der Waals surface area (Å²) in [7, 11) is 0. The van der Waals surface area contributed by atoms with Crippen LogP contribution in [0.5, 0.6) is 0 Å². The van der Waals surface area contributed by atoms with Gasteiger partial charge >= 0.3 is 0 Å². The number of amides is 1. The molecule has 4 nitrogen and oxygen atoms in total. The molecule has 0 aliphatic heterocycles. The average molecular weight is 253 g/mol. The minimum Gasteiger partial charge on any atom is -0.350 e. The lowest BCUT2D eigenvalue weighted by Gasteiger charge is -2.31. The maximum atomic E-state index is 12.1. The molecule has 0 atom stereocenters. The molecule has 1 fully saturated rings. The summed E-state index contributed by atoms with van der Waals surface area (Å²) in [5.74, 6) is -0.00926. The molecule has 0 saturated heterocycles. The molecule has 1 amide bonds. The molecule has 0 spiro atoms. The van der Waals surface area contributed by atoms with Crippen molar-refractivity contribution >= 4 is 17.2 Å². The van der Waals surface area contributed by atoms with Crippen LogP contribution in [0.3, 0.4) is 0 Å². The largest absolute Gasteiger partial charge is 0.350 e. The van der Waals surface area contributed by atoms with Gasteiger partial charge in [0, 0.05) is 4.88 Å². The fraction of sp³-hybridized carbons (Fsp3) is 0.667. The molecule has 94 valence electrons. The Morgan fingerprint density at radius 1 is 1.53 bits per heavy atom. The Morgan fingerprint density at radius 2 is 2.24 bits per heavy atom. The smallest absolute Gasteiger partial charge is 0.240 e. The lowest BCUT2D eigenvalue weighted by Crippen LogP contribution is -2.54. The highest BCUT2D eigenvalue weighted by molar-refractivity contribution is 7.09. The number of nitrogens with two attached hydrogens (primary N) is 1. The van der Waals surface area contributed by atoms with E-state index in [1.165, 1.54) is 6.42 Å². The number of hydrogen-bond donors (Lipinski definition) is 2. The molecule has 1 aromatic heterocycles. The third kappa shape index (κ3) is 2.84. The molecule has 1 heterocycles. The molecule has 1 saturated carbocycles. The summed E-state index contributed by atoms with van der Waals surface area (Å²) in [5.41, 5.74) is 8.31. The van der Waals surface area contributed by atoms with Crippen LogP contribution in [-0.4, -0.2) is 16.4 Å². The van der Waals surface area contributed by atoms with E-state index in [0.717, 1.165) is 36.3 Å². The maximum absolute atomic E-state index is 12.1. The fourth-order valence-electron chi connectivity index (χ4n) is 2.24. The Bertz CT molecular complexity index is 396. The van der Waals surface area contributed by atoms with Crippen LogP contribution in [0.25, 0.3) is 0 Å². The van der Waals surface area contributed by atoms with Gasteiger partial charge in [0.05, 0.1) is 23.3 Å². The molecule has 1 aliphatic carbocycles. The number of nitrogens with zero attached hydrogens (tertiary/aromatic N) is 1. The molecule has 17 heavy (non-hydrogen) atoms. The van der Waals surface area contributed by atoms with Gasteiger partial charge in [-0.25, -0.2) is 4.98 Å². The molecule has 2 rings (SSSR count). The number of carbonyl (C=O) groups excluding carboxylic acids is 1. The van der Waals surface area contributed by atoms with Crippen molar-refractivity contribution in [1.82, 2.24) is 10.3 Å². The standard InChI is InChI=1S/C12H19N3OS/c1-9-10(17-8-15-9)7-14-11(16)12(13)5-3-2-4-6-12/h8H,2-7,13H2,1H3,(H,14,16). The number of carbonyl (C=O) groups is 1. The van der Waals surface area contributed by atoms with Crippen LogP contribution in [0.2, 0.25) is 0 Å². The van der Waals surface area contributed by atoms with Gasteiger partial charge in [-0.15, -0.1) is 11.3 Å². The summed E-state index contributed by atoms with van der Waals surface area (Å²) in [5, 5.41) is 2.94. The van der Waals surface area contributed by atoms with E-state index in [1.54, 1.807) is 16.8 Å². The molecule has 1 aromatic rings. The molecule has 5 heteroatoms. The van der Waals surface area contributed by atoms with Crippen LogP contribution < -0.4 is 11.1 Å². The maximum Gasteiger partial charge on any atom is 0.240 e. The van der Waals surface area contributed by atoms with Gasteiger partial charge in [0.25, 0.3) is 0 Å². The summed E-state index contributed by atoms with van der Waals surface area (Å²) >= 11 is 1.57. The molecule has 0 unspecified atom stereocenters. The topological polar surface area (TPSA) is 68.0 Å². The second kappa shape index (κ2) is 5.14. The van der Waals surface area contributed by atoms with Gasteiger partial charge in [-0.05, 0) is 19.8 Å². The van der Waals surface area contributed by atoms with Crippen LogP contribution >= 0.6 is 11.3 Å². The van der Waals surface area contributed by atoms with Crippen molar-refractivity contribution in [3.63, 3.8) is 0 Å². The molecular formula is C12H19N3OS. The Morgan fingerprint density at radius 3 is 2.82 bits per heavy atom. The fourth-order valence-corrected chi connectivity index (χ4v) is 2.96. The number of aromatic nitrogens is 1. The Hall–Kier alpha value is -0.940. The van der Waals surface area contributed by atoms with Crippen LogP contribution in [-0.2, 0) is 11.3 Å². The summed E-state index contributed by atoms with van der Waals surface area (Å²) in [6.07, 6.45) is 4.92. The van der Waals surface area contributed by atoms with Gasteiger partial charge in [0.1, 0.15) is 0 Å². The number of nitrogens with one attached hydrogen (secondary N) is 1. The van der Waals surface area contributed by atoms with Crippen molar-refractivity contribution in [1.29, 1.82) is 0 Å². The van der Waals surface area contributed by atoms with Crippen molar-refractivity contribution in [2.75, 3.05) is 0 Å². The highest BCUT2D eigenvalue weighted by atomic mass is 32.1. The monoisotopic (exact) mass is 253 g/mol. The SMILES string of the molecule is Cc1ncsc1CNC(=O)C1(N)CCCCC1. The van der Waals surface area contributed by atoms with E-state index in [2.05, 4.69) is 10.3 Å². The molecular weight excluding hydrogens is 234 g/mol. The van der Waals surface area contributed by atoms with E-state index in [-0.39, 0.29) is 5.91 Å². The van der Waals surface area contributed by atoms with Gasteiger partial charge in [-0.3, -0.25) is 4.79 Å². The van der Waals surface area contributed by atoms with E-state index in [1.807, 2.05) is 6.92 Å². The van der Waals surface area contributed by atoms with Crippen LogP contribution in [0.1, 0.15) is 42.7 Å². The quantitative estimate of drug-likeness (QED) is 0.862. The van der Waals surface area contributed by atoms with E-state index < -0.39 is 5.54 Å². The molecule has 0 bridgehead atoms. The third-order valence-electron chi connectivity index (χ3n) is 3.45. The van der Waals surface area contributed by atoms with E-state index >= 15 is 0 Å². The predicted molar refractivity (Wildman–Crippen MR) is 68.7 cm³/mol. The van der Waals surface area contributed by atoms with Gasteiger partial charge in [-0.2, -0.15) is 0 Å². The highest BCUT2D eigenvalue weighted by Crippen LogP contribution is 2.26. The zero-order chi connectivity index (χ0) is 12.3. The van der Waals surface area contributed by atoms with Crippen molar-refractivity contribution in [3.05, 3.63) is 16.1 Å². The van der Waals surface area contributed by atoms with Crippen molar-refractivity contribution in [2.45, 2.75) is 51.1 Å². The normalized spacial score (nSPS) is 18.9. The van der Waals surface area contributed by atoms with Crippen LogP contribution in [0.4, 0.5) is 0 Å². The lowest BCUT2D eigenvalue weighted by atomic mass is 9.82. The van der Waals surface area contributed by atoms with Gasteiger partial charge in [-0.1, -0.05) is 19.3 Å². The number of thiazole rings is 1. The van der Waals surface area contributed by atoms with E-state index in [0.29, 0.717) is 6.54 Å². The van der Waals surface area contributed by atoms with E-state index in [9.17, 15) is 4.79 Å². The summed E-state index contributed by atoms with van der Waals surface area (Å²) < 4.78 is 0. The summed E-state index contributed by atoms with van der Waals surface area (Å²) in [4.78, 5) is 17.3. The first-order valence-electron chi connectivity index (χ1n) is 6.08. The minimum absolute atomic E-state index is 0.00926. The molecule has 0 aromatic carbocycles. The molecule has 1 aliphatic rings. The van der Waals surface area contributed by atoms with E-state index in [4.69, 9.17) is 5.73 Å². The zero-order valence-corrected chi connectivity index (χ0v) is 11.0. The zero-order valence-electron chi connectivity index (χ0n) is 10.2. The first-order valence-corrected chi connectivity index (χ1v) is 6.96. The van der Waals surface area contributed by atoms with Gasteiger partial charge in [0.15, 0.2) is 0 Å². The van der Waals surface area contributed by atoms with Gasteiger partial charge in [0.2, 0.25) is 5.91 Å². The van der Waals surface area contributed by atoms with Crippen LogP contribution in [0.15, 0.2) is 5.51 Å². The molecule has 3 N–H and O–H groups in total. The minimum atomic E-state index is -0.642. The first-order chi connectivity index (χ1) is 8.12. The Balaban J connectivity index is 1.91. The first kappa shape index (κ1) is 12.5. The van der Waals surface area contributed by atoms with Crippen LogP contribution in [0, 0.1) is 6.92 Å². The number of aryl methyl sites for hydroxylation is 1. The molecule has 0 radical (unpaired) electrons. The van der Waals surface area contributed by atoms with Gasteiger partial charge < -0.3 is 11.1 Å². The predicted octanol–water partition coefficient (Wildman–Crippen LogP) is 1.73. The number of hydrogen-bond acceptors (Lipinski definition) is 4. The highest BCUT2D eigenvalue weighted by Gasteiger charge is 2.34. The second-order valence-corrected chi connectivity index (χ2v) is 5.70. The third-order valence-corrected chi connectivity index (χ3v) is 4.39. The second-order valence-electron chi connectivity index (χ2n) is 4.76. The van der Waals surface area contributed by atoms with Crippen molar-refractivity contribution < 1.29 is 4.79 Å². The Kier molecular flexibility index (Phi) is 3.79. The summed E-state index contributed by atoms with van der Waals surface area (Å²) in [6.45, 7) is 2.51. The average Bonchev–Trinajstić information content (AvgIpc) is 2.73. The van der Waals surface area contributed by atoms with Crippen molar-refractivity contribution in [2.24, 2.45) is 5.73 Å².